The van der Waals surface area contributed by atoms with Crippen molar-refractivity contribution in [3.05, 3.63) is 0 Å². The third-order valence-corrected chi connectivity index (χ3v) is 4.33. The summed E-state index contributed by atoms with van der Waals surface area (Å²) in [6.45, 7) is 14.0. The summed E-state index contributed by atoms with van der Waals surface area (Å²) in [5, 5.41) is 6.62. The second kappa shape index (κ2) is 8.76. The van der Waals surface area contributed by atoms with Crippen molar-refractivity contribution in [3.8, 4) is 0 Å². The van der Waals surface area contributed by atoms with Gasteiger partial charge in [0.05, 0.1) is 0 Å². The monoisotopic (exact) mass is 312 g/mol. The van der Waals surface area contributed by atoms with E-state index in [-0.39, 0.29) is 6.09 Å². The van der Waals surface area contributed by atoms with E-state index in [1.54, 1.807) is 0 Å². The zero-order valence-corrected chi connectivity index (χ0v) is 15.4. The molecule has 2 atom stereocenters. The lowest BCUT2D eigenvalue weighted by Crippen LogP contribution is -2.41. The second-order valence-electron chi connectivity index (χ2n) is 8.08. The predicted molar refractivity (Wildman–Crippen MR) is 92.0 cm³/mol. The molecule has 1 fully saturated rings. The maximum atomic E-state index is 11.8. The second-order valence-corrected chi connectivity index (χ2v) is 8.08. The van der Waals surface area contributed by atoms with Crippen LogP contribution < -0.4 is 10.6 Å². The van der Waals surface area contributed by atoms with Crippen LogP contribution in [0.1, 0.15) is 67.2 Å². The van der Waals surface area contributed by atoms with E-state index in [2.05, 4.69) is 31.4 Å². The molecule has 2 N–H and O–H groups in total. The maximum absolute atomic E-state index is 11.8. The van der Waals surface area contributed by atoms with Crippen LogP contribution in [0.4, 0.5) is 4.79 Å². The molecule has 0 aromatic rings. The van der Waals surface area contributed by atoms with Crippen LogP contribution in [0.2, 0.25) is 0 Å². The Kier molecular flexibility index (Phi) is 7.67. The topological polar surface area (TPSA) is 50.4 Å². The minimum atomic E-state index is -0.437. The lowest BCUT2D eigenvalue weighted by molar-refractivity contribution is 0.0514. The van der Waals surface area contributed by atoms with Crippen molar-refractivity contribution in [2.45, 2.75) is 78.9 Å². The number of nitrogens with one attached hydrogen (secondary N) is 2. The molecule has 0 heterocycles. The van der Waals surface area contributed by atoms with Crippen molar-refractivity contribution in [2.24, 2.45) is 17.8 Å². The highest BCUT2D eigenvalue weighted by Gasteiger charge is 2.25. The van der Waals surface area contributed by atoms with Crippen LogP contribution in [0, 0.1) is 17.8 Å². The minimum absolute atomic E-state index is 0.317. The first kappa shape index (κ1) is 19.3. The summed E-state index contributed by atoms with van der Waals surface area (Å²) in [4.78, 5) is 11.8. The third kappa shape index (κ3) is 8.62. The van der Waals surface area contributed by atoms with Gasteiger partial charge in [0.1, 0.15) is 5.60 Å². The van der Waals surface area contributed by atoms with Gasteiger partial charge in [-0.25, -0.2) is 4.79 Å². The SMILES string of the molecule is CCC(CC1CC1)NCC(CNC(=O)OC(C)(C)C)C(C)C. The molecule has 4 heteroatoms. The molecule has 0 aliphatic heterocycles. The van der Waals surface area contributed by atoms with E-state index in [1.807, 2.05) is 20.8 Å². The fraction of sp³-hybridized carbons (Fsp3) is 0.944. The molecule has 130 valence electrons. The number of hydrogen-bond acceptors (Lipinski definition) is 3. The molecule has 0 saturated heterocycles. The van der Waals surface area contributed by atoms with Crippen LogP contribution in [0.5, 0.6) is 0 Å². The van der Waals surface area contributed by atoms with Gasteiger partial charge in [0.25, 0.3) is 0 Å². The Morgan fingerprint density at radius 1 is 1.23 bits per heavy atom. The molecule has 0 aromatic heterocycles. The van der Waals surface area contributed by atoms with E-state index in [0.717, 1.165) is 12.5 Å². The largest absolute Gasteiger partial charge is 0.444 e. The number of ether oxygens (including phenoxy) is 1. The summed E-state index contributed by atoms with van der Waals surface area (Å²) in [6.07, 6.45) is 4.99. The standard InChI is InChI=1S/C18H36N2O2/c1-7-16(10-14-8-9-14)19-11-15(13(2)3)12-20-17(21)22-18(4,5)6/h13-16,19H,7-12H2,1-6H3,(H,20,21). The van der Waals surface area contributed by atoms with Crippen molar-refractivity contribution in [2.75, 3.05) is 13.1 Å². The van der Waals surface area contributed by atoms with Crippen molar-refractivity contribution in [1.29, 1.82) is 0 Å². The van der Waals surface area contributed by atoms with Crippen molar-refractivity contribution in [1.82, 2.24) is 10.6 Å². The van der Waals surface area contributed by atoms with E-state index in [1.165, 1.54) is 25.7 Å². The molecule has 0 bridgehead atoms. The van der Waals surface area contributed by atoms with E-state index in [9.17, 15) is 4.79 Å². The molecular weight excluding hydrogens is 276 g/mol. The predicted octanol–water partition coefficient (Wildman–Crippen LogP) is 3.95. The van der Waals surface area contributed by atoms with Gasteiger partial charge < -0.3 is 15.4 Å². The number of carbonyl (C=O) groups is 1. The van der Waals surface area contributed by atoms with Gasteiger partial charge in [-0.3, -0.25) is 0 Å². The Bertz CT molecular complexity index is 332. The molecule has 0 radical (unpaired) electrons. The van der Waals surface area contributed by atoms with Crippen LogP contribution in [0.25, 0.3) is 0 Å². The average Bonchev–Trinajstić information content (AvgIpc) is 3.18. The summed E-state index contributed by atoms with van der Waals surface area (Å²) in [5.41, 5.74) is -0.437. The lowest BCUT2D eigenvalue weighted by Gasteiger charge is -2.26. The zero-order valence-electron chi connectivity index (χ0n) is 15.4. The third-order valence-electron chi connectivity index (χ3n) is 4.33. The maximum Gasteiger partial charge on any atom is 0.407 e. The Morgan fingerprint density at radius 2 is 1.86 bits per heavy atom. The molecular formula is C18H36N2O2. The fourth-order valence-electron chi connectivity index (χ4n) is 2.54. The molecule has 22 heavy (non-hydrogen) atoms. The fourth-order valence-corrected chi connectivity index (χ4v) is 2.54. The molecule has 1 aliphatic rings. The van der Waals surface area contributed by atoms with Gasteiger partial charge in [-0.05, 0) is 51.4 Å². The molecule has 1 aliphatic carbocycles. The van der Waals surface area contributed by atoms with Crippen molar-refractivity contribution in [3.63, 3.8) is 0 Å². The minimum Gasteiger partial charge on any atom is -0.444 e. The Hall–Kier alpha value is -0.770. The molecule has 4 nitrogen and oxygen atoms in total. The molecule has 0 spiro atoms. The van der Waals surface area contributed by atoms with Gasteiger partial charge in [-0.2, -0.15) is 0 Å². The van der Waals surface area contributed by atoms with Crippen LogP contribution in [0.3, 0.4) is 0 Å². The van der Waals surface area contributed by atoms with Crippen LogP contribution in [-0.4, -0.2) is 30.8 Å². The van der Waals surface area contributed by atoms with Crippen LogP contribution in [0.15, 0.2) is 0 Å². The van der Waals surface area contributed by atoms with Gasteiger partial charge in [-0.15, -0.1) is 0 Å². The Labute approximate surface area is 136 Å². The van der Waals surface area contributed by atoms with E-state index < -0.39 is 5.60 Å². The first-order valence-electron chi connectivity index (χ1n) is 8.91. The highest BCUT2D eigenvalue weighted by Crippen LogP contribution is 2.34. The lowest BCUT2D eigenvalue weighted by atomic mass is 9.95. The van der Waals surface area contributed by atoms with E-state index in [4.69, 9.17) is 4.74 Å². The van der Waals surface area contributed by atoms with E-state index >= 15 is 0 Å². The van der Waals surface area contributed by atoms with Gasteiger partial charge in [0.2, 0.25) is 0 Å². The van der Waals surface area contributed by atoms with Crippen LogP contribution >= 0.6 is 0 Å². The molecule has 1 amide bonds. The highest BCUT2D eigenvalue weighted by atomic mass is 16.6. The zero-order chi connectivity index (χ0) is 16.8. The normalized spacial score (nSPS) is 18.1. The molecule has 1 rings (SSSR count). The van der Waals surface area contributed by atoms with Crippen molar-refractivity contribution >= 4 is 6.09 Å². The average molecular weight is 312 g/mol. The number of carbonyl (C=O) groups excluding carboxylic acids is 1. The highest BCUT2D eigenvalue weighted by molar-refractivity contribution is 5.67. The quantitative estimate of drug-likeness (QED) is 0.678. The molecule has 0 aromatic carbocycles. The smallest absolute Gasteiger partial charge is 0.407 e. The summed E-state index contributed by atoms with van der Waals surface area (Å²) in [6, 6.07) is 0.621. The summed E-state index contributed by atoms with van der Waals surface area (Å²) < 4.78 is 5.31. The number of amides is 1. The molecule has 2 unspecified atom stereocenters. The van der Waals surface area contributed by atoms with Gasteiger partial charge in [0.15, 0.2) is 0 Å². The summed E-state index contributed by atoms with van der Waals surface area (Å²) >= 11 is 0. The van der Waals surface area contributed by atoms with Crippen molar-refractivity contribution < 1.29 is 9.53 Å². The number of rotatable bonds is 9. The van der Waals surface area contributed by atoms with Gasteiger partial charge in [-0.1, -0.05) is 33.6 Å². The first-order valence-corrected chi connectivity index (χ1v) is 8.91. The Balaban J connectivity index is 2.32. The number of hydrogen-bond donors (Lipinski definition) is 2. The van der Waals surface area contributed by atoms with Crippen LogP contribution in [-0.2, 0) is 4.74 Å². The number of alkyl carbamates (subject to hydrolysis) is 1. The summed E-state index contributed by atoms with van der Waals surface area (Å²) in [7, 11) is 0. The summed E-state index contributed by atoms with van der Waals surface area (Å²) in [5.74, 6) is 1.91. The van der Waals surface area contributed by atoms with Gasteiger partial charge in [0, 0.05) is 19.1 Å². The first-order chi connectivity index (χ1) is 10.2. The van der Waals surface area contributed by atoms with E-state index in [0.29, 0.717) is 24.4 Å². The molecule has 1 saturated carbocycles. The Morgan fingerprint density at radius 3 is 2.32 bits per heavy atom. The van der Waals surface area contributed by atoms with Gasteiger partial charge >= 0.3 is 6.09 Å².